The zero-order valence-electron chi connectivity index (χ0n) is 19.6. The van der Waals surface area contributed by atoms with Gasteiger partial charge in [-0.15, -0.1) is 11.8 Å². The molecule has 182 valence electrons. The third kappa shape index (κ3) is 8.36. The predicted molar refractivity (Wildman–Crippen MR) is 136 cm³/mol. The fraction of sp³-hybridized carbons (Fsp3) is 0.375. The summed E-state index contributed by atoms with van der Waals surface area (Å²) in [4.78, 5) is 45.4. The number of aldehydes is 1. The molecular weight excluding hydrogens is 452 g/mol. The minimum Gasteiger partial charge on any atom is -0.348 e. The molecule has 0 unspecified atom stereocenters. The molecule has 0 saturated carbocycles. The van der Waals surface area contributed by atoms with Gasteiger partial charge in [-0.3, -0.25) is 14.6 Å². The largest absolute Gasteiger partial charge is 0.348 e. The molecule has 0 radical (unpaired) electrons. The number of rotatable bonds is 8. The van der Waals surface area contributed by atoms with Crippen LogP contribution in [0.3, 0.4) is 0 Å². The van der Waals surface area contributed by atoms with E-state index in [-0.39, 0.29) is 29.2 Å². The van der Waals surface area contributed by atoms with Crippen molar-refractivity contribution in [3.05, 3.63) is 53.3 Å². The maximum absolute atomic E-state index is 12.6. The summed E-state index contributed by atoms with van der Waals surface area (Å²) in [5, 5.41) is 5.87. The van der Waals surface area contributed by atoms with Crippen molar-refractivity contribution in [2.75, 3.05) is 26.0 Å². The first kappa shape index (κ1) is 27.2. The van der Waals surface area contributed by atoms with Crippen LogP contribution in [0.25, 0.3) is 0 Å². The van der Waals surface area contributed by atoms with E-state index >= 15 is 0 Å². The quantitative estimate of drug-likeness (QED) is 0.227. The third-order valence-corrected chi connectivity index (χ3v) is 5.96. The van der Waals surface area contributed by atoms with Crippen LogP contribution in [0.1, 0.15) is 46.3 Å². The van der Waals surface area contributed by atoms with Crippen molar-refractivity contribution in [2.24, 2.45) is 10.7 Å². The van der Waals surface area contributed by atoms with Crippen LogP contribution >= 0.6 is 11.8 Å². The smallest absolute Gasteiger partial charge is 0.270 e. The number of nitrogens with two attached hydrogens (primary N) is 1. The Morgan fingerprint density at radius 2 is 1.88 bits per heavy atom. The molecule has 1 fully saturated rings. The molecule has 34 heavy (non-hydrogen) atoms. The van der Waals surface area contributed by atoms with Gasteiger partial charge in [0.15, 0.2) is 0 Å². The van der Waals surface area contributed by atoms with E-state index in [9.17, 15) is 9.59 Å². The van der Waals surface area contributed by atoms with E-state index in [1.54, 1.807) is 18.2 Å². The van der Waals surface area contributed by atoms with Gasteiger partial charge in [-0.05, 0) is 76.4 Å². The van der Waals surface area contributed by atoms with Crippen molar-refractivity contribution < 1.29 is 14.4 Å². The summed E-state index contributed by atoms with van der Waals surface area (Å²) in [6.45, 7) is 7.24. The summed E-state index contributed by atoms with van der Waals surface area (Å²) >= 11 is 1.46. The molecule has 1 saturated heterocycles. The summed E-state index contributed by atoms with van der Waals surface area (Å²) in [5.41, 5.74) is 7.74. The number of nitrogens with one attached hydrogen (secondary N) is 2. The van der Waals surface area contributed by atoms with Crippen LogP contribution in [0.2, 0.25) is 0 Å². The lowest BCUT2D eigenvalue weighted by Gasteiger charge is -2.29. The molecular formula is C24H32N6O3S. The van der Waals surface area contributed by atoms with Crippen molar-refractivity contribution in [2.45, 2.75) is 37.2 Å². The van der Waals surface area contributed by atoms with E-state index in [2.05, 4.69) is 39.3 Å². The van der Waals surface area contributed by atoms with Gasteiger partial charge in [0.1, 0.15) is 17.7 Å². The molecule has 2 heterocycles. The average Bonchev–Trinajstić information content (AvgIpc) is 2.85. The monoisotopic (exact) mass is 484 g/mol. The second-order valence-corrected chi connectivity index (χ2v) is 8.71. The molecule has 9 nitrogen and oxygen atoms in total. The standard InChI is InChI=1S/C22H28N6O2S.C2H4O/c1-24-17-7-6-15(12-20(17)31-14-23)13-25-21(29)18-4-3-5-19(27-18)22(30)26-16-8-10-28(2)11-9-16;1-2-3/h3-7,12,16H,1,8-11,13-14,23H2,2H3,(H,25,29)(H,26,30);2H,1H3. The lowest BCUT2D eigenvalue weighted by Crippen LogP contribution is -2.43. The highest BCUT2D eigenvalue weighted by molar-refractivity contribution is 7.99. The second kappa shape index (κ2) is 14.2. The summed E-state index contributed by atoms with van der Waals surface area (Å²) < 4.78 is 0. The molecule has 2 aromatic rings. The lowest BCUT2D eigenvalue weighted by molar-refractivity contribution is -0.106. The van der Waals surface area contributed by atoms with Gasteiger partial charge in [-0.2, -0.15) is 0 Å². The Labute approximate surface area is 204 Å². The second-order valence-electron chi connectivity index (χ2n) is 7.65. The molecule has 0 atom stereocenters. The highest BCUT2D eigenvalue weighted by atomic mass is 32.2. The van der Waals surface area contributed by atoms with Crippen LogP contribution in [-0.4, -0.2) is 66.8 Å². The number of thioether (sulfide) groups is 1. The number of amides is 2. The van der Waals surface area contributed by atoms with E-state index in [1.807, 2.05) is 18.2 Å². The number of aromatic nitrogens is 1. The lowest BCUT2D eigenvalue weighted by atomic mass is 10.1. The van der Waals surface area contributed by atoms with Crippen LogP contribution in [0.15, 0.2) is 46.3 Å². The Hall–Kier alpha value is -3.08. The van der Waals surface area contributed by atoms with Crippen molar-refractivity contribution in [1.29, 1.82) is 0 Å². The van der Waals surface area contributed by atoms with Crippen LogP contribution in [0.4, 0.5) is 5.69 Å². The molecule has 1 aliphatic rings. The van der Waals surface area contributed by atoms with Gasteiger partial charge in [-0.1, -0.05) is 12.1 Å². The molecule has 0 spiro atoms. The number of nitrogens with zero attached hydrogens (tertiary/aromatic N) is 3. The molecule has 1 aromatic heterocycles. The molecule has 0 bridgehead atoms. The first-order valence-electron chi connectivity index (χ1n) is 11.0. The van der Waals surface area contributed by atoms with Crippen molar-refractivity contribution in [3.63, 3.8) is 0 Å². The highest BCUT2D eigenvalue weighted by Crippen LogP contribution is 2.29. The Morgan fingerprint density at radius 3 is 2.50 bits per heavy atom. The van der Waals surface area contributed by atoms with Gasteiger partial charge < -0.3 is 26.1 Å². The van der Waals surface area contributed by atoms with Crippen molar-refractivity contribution in [1.82, 2.24) is 20.5 Å². The van der Waals surface area contributed by atoms with Crippen LogP contribution < -0.4 is 16.4 Å². The summed E-state index contributed by atoms with van der Waals surface area (Å²) in [6, 6.07) is 10.7. The summed E-state index contributed by atoms with van der Waals surface area (Å²) in [5.74, 6) is -0.164. The Morgan fingerprint density at radius 1 is 1.24 bits per heavy atom. The van der Waals surface area contributed by atoms with E-state index < -0.39 is 0 Å². The van der Waals surface area contributed by atoms with E-state index in [0.717, 1.165) is 48.4 Å². The minimum absolute atomic E-state index is 0.136. The maximum Gasteiger partial charge on any atom is 0.270 e. The van der Waals surface area contributed by atoms with E-state index in [0.29, 0.717) is 12.4 Å². The van der Waals surface area contributed by atoms with Crippen LogP contribution in [0, 0.1) is 0 Å². The van der Waals surface area contributed by atoms with Gasteiger partial charge in [-0.25, -0.2) is 4.98 Å². The number of carbonyl (C=O) groups excluding carboxylic acids is 3. The number of aliphatic imine (C=N–C) groups is 1. The summed E-state index contributed by atoms with van der Waals surface area (Å²) in [6.07, 6.45) is 2.57. The number of piperidine rings is 1. The number of pyridine rings is 1. The zero-order chi connectivity index (χ0) is 24.9. The van der Waals surface area contributed by atoms with Crippen LogP contribution in [-0.2, 0) is 11.3 Å². The fourth-order valence-corrected chi connectivity index (χ4v) is 4.07. The number of carbonyl (C=O) groups is 3. The number of hydrogen-bond acceptors (Lipinski definition) is 8. The molecule has 2 amide bonds. The maximum atomic E-state index is 12.6. The highest BCUT2D eigenvalue weighted by Gasteiger charge is 2.20. The van der Waals surface area contributed by atoms with E-state index in [4.69, 9.17) is 10.5 Å². The molecule has 10 heteroatoms. The fourth-order valence-electron chi connectivity index (χ4n) is 3.38. The number of benzene rings is 1. The SMILES string of the molecule is C=Nc1ccc(CNC(=O)c2cccc(C(=O)NC3CCN(C)CC3)n2)cc1SCN.CC=O. The topological polar surface area (TPSA) is 130 Å². The van der Waals surface area contributed by atoms with Gasteiger partial charge in [0, 0.05) is 23.4 Å². The van der Waals surface area contributed by atoms with Gasteiger partial charge >= 0.3 is 0 Å². The predicted octanol–water partition coefficient (Wildman–Crippen LogP) is 2.38. The normalized spacial score (nSPS) is 13.9. The van der Waals surface area contributed by atoms with E-state index in [1.165, 1.54) is 18.7 Å². The van der Waals surface area contributed by atoms with Crippen LogP contribution in [0.5, 0.6) is 0 Å². The van der Waals surface area contributed by atoms with Gasteiger partial charge in [0.2, 0.25) is 0 Å². The third-order valence-electron chi connectivity index (χ3n) is 5.15. The Balaban J connectivity index is 0.00000129. The Bertz CT molecular complexity index is 992. The molecule has 1 aromatic carbocycles. The van der Waals surface area contributed by atoms with Gasteiger partial charge in [0.25, 0.3) is 11.8 Å². The first-order valence-corrected chi connectivity index (χ1v) is 12.0. The number of hydrogen-bond donors (Lipinski definition) is 3. The minimum atomic E-state index is -0.340. The van der Waals surface area contributed by atoms with Crippen molar-refractivity contribution in [3.8, 4) is 0 Å². The Kier molecular flexibility index (Phi) is 11.4. The molecule has 3 rings (SSSR count). The first-order chi connectivity index (χ1) is 16.4. The zero-order valence-corrected chi connectivity index (χ0v) is 20.4. The number of likely N-dealkylation sites (tertiary alicyclic amines) is 1. The molecule has 1 aliphatic heterocycles. The summed E-state index contributed by atoms with van der Waals surface area (Å²) in [7, 11) is 2.07. The van der Waals surface area contributed by atoms with Crippen molar-refractivity contribution >= 4 is 42.3 Å². The van der Waals surface area contributed by atoms with Gasteiger partial charge in [0.05, 0.1) is 5.69 Å². The molecule has 4 N–H and O–H groups in total. The molecule has 0 aliphatic carbocycles. The average molecular weight is 485 g/mol.